The third kappa shape index (κ3) is 2.92. The van der Waals surface area contributed by atoms with Crippen LogP contribution in [0.2, 0.25) is 0 Å². The fourth-order valence-corrected chi connectivity index (χ4v) is 1.47. The topological polar surface area (TPSA) is 47.6 Å². The van der Waals surface area contributed by atoms with Gasteiger partial charge in [0.25, 0.3) is 0 Å². The SMILES string of the molecule is CC1NCCOC1(C)C(=O)OC(C)(C)C. The fraction of sp³-hybridized carbons (Fsp3) is 0.909. The first kappa shape index (κ1) is 12.5. The van der Waals surface area contributed by atoms with Gasteiger partial charge in [-0.05, 0) is 34.6 Å². The lowest BCUT2D eigenvalue weighted by Crippen LogP contribution is -2.60. The fourth-order valence-electron chi connectivity index (χ4n) is 1.47. The van der Waals surface area contributed by atoms with Crippen LogP contribution in [0, 0.1) is 0 Å². The summed E-state index contributed by atoms with van der Waals surface area (Å²) in [4.78, 5) is 12.0. The molecule has 0 aromatic carbocycles. The van der Waals surface area contributed by atoms with Crippen LogP contribution in [0.1, 0.15) is 34.6 Å². The van der Waals surface area contributed by atoms with Crippen molar-refractivity contribution in [3.05, 3.63) is 0 Å². The van der Waals surface area contributed by atoms with Crippen LogP contribution in [-0.4, -0.2) is 36.4 Å². The Morgan fingerprint density at radius 1 is 1.53 bits per heavy atom. The van der Waals surface area contributed by atoms with Crippen LogP contribution >= 0.6 is 0 Å². The molecule has 0 spiro atoms. The molecule has 0 aromatic rings. The van der Waals surface area contributed by atoms with Gasteiger partial charge < -0.3 is 14.8 Å². The van der Waals surface area contributed by atoms with Gasteiger partial charge >= 0.3 is 5.97 Å². The number of ether oxygens (including phenoxy) is 2. The van der Waals surface area contributed by atoms with Crippen molar-refractivity contribution in [2.24, 2.45) is 0 Å². The van der Waals surface area contributed by atoms with E-state index >= 15 is 0 Å². The van der Waals surface area contributed by atoms with Gasteiger partial charge in [-0.3, -0.25) is 0 Å². The molecule has 1 aliphatic heterocycles. The highest BCUT2D eigenvalue weighted by Crippen LogP contribution is 2.23. The van der Waals surface area contributed by atoms with Crippen molar-refractivity contribution in [2.45, 2.75) is 51.9 Å². The van der Waals surface area contributed by atoms with E-state index in [2.05, 4.69) is 5.32 Å². The molecule has 0 aliphatic carbocycles. The largest absolute Gasteiger partial charge is 0.458 e. The predicted molar refractivity (Wildman–Crippen MR) is 57.7 cm³/mol. The van der Waals surface area contributed by atoms with Crippen LogP contribution in [0.4, 0.5) is 0 Å². The number of carbonyl (C=O) groups is 1. The molecule has 0 radical (unpaired) electrons. The zero-order valence-electron chi connectivity index (χ0n) is 10.2. The number of rotatable bonds is 1. The van der Waals surface area contributed by atoms with Crippen molar-refractivity contribution >= 4 is 5.97 Å². The van der Waals surface area contributed by atoms with Gasteiger partial charge in [0.05, 0.1) is 6.61 Å². The molecule has 1 fully saturated rings. The molecule has 1 N–H and O–H groups in total. The van der Waals surface area contributed by atoms with Crippen LogP contribution in [-0.2, 0) is 14.3 Å². The van der Waals surface area contributed by atoms with Crippen LogP contribution in [0.3, 0.4) is 0 Å². The zero-order chi connectivity index (χ0) is 11.7. The maximum atomic E-state index is 12.0. The van der Waals surface area contributed by atoms with Gasteiger partial charge in [-0.15, -0.1) is 0 Å². The van der Waals surface area contributed by atoms with Crippen molar-refractivity contribution in [2.75, 3.05) is 13.2 Å². The first-order valence-electron chi connectivity index (χ1n) is 5.36. The van der Waals surface area contributed by atoms with E-state index in [4.69, 9.17) is 9.47 Å². The van der Waals surface area contributed by atoms with Crippen molar-refractivity contribution in [1.82, 2.24) is 5.32 Å². The normalized spacial score (nSPS) is 32.5. The monoisotopic (exact) mass is 215 g/mol. The predicted octanol–water partition coefficient (Wildman–Crippen LogP) is 1.10. The molecular weight excluding hydrogens is 194 g/mol. The first-order valence-corrected chi connectivity index (χ1v) is 5.36. The van der Waals surface area contributed by atoms with E-state index < -0.39 is 11.2 Å². The lowest BCUT2D eigenvalue weighted by atomic mass is 9.96. The Morgan fingerprint density at radius 3 is 2.60 bits per heavy atom. The Hall–Kier alpha value is -0.610. The number of carbonyl (C=O) groups excluding carboxylic acids is 1. The standard InChI is InChI=1S/C11H21NO3/c1-8-11(5,14-7-6-12-8)9(13)15-10(2,3)4/h8,12H,6-7H2,1-5H3. The summed E-state index contributed by atoms with van der Waals surface area (Å²) in [6, 6.07) is -0.0268. The molecule has 15 heavy (non-hydrogen) atoms. The van der Waals surface area contributed by atoms with Gasteiger partial charge in [0.2, 0.25) is 0 Å². The van der Waals surface area contributed by atoms with Gasteiger partial charge in [-0.2, -0.15) is 0 Å². The Labute approximate surface area is 91.3 Å². The summed E-state index contributed by atoms with van der Waals surface area (Å²) in [6.07, 6.45) is 0. The smallest absolute Gasteiger partial charge is 0.340 e. The van der Waals surface area contributed by atoms with E-state index in [9.17, 15) is 4.79 Å². The van der Waals surface area contributed by atoms with Gasteiger partial charge in [0.15, 0.2) is 5.60 Å². The Bertz CT molecular complexity index is 247. The van der Waals surface area contributed by atoms with E-state index in [1.165, 1.54) is 0 Å². The lowest BCUT2D eigenvalue weighted by molar-refractivity contribution is -0.189. The highest BCUT2D eigenvalue weighted by Gasteiger charge is 2.44. The number of esters is 1. The average molecular weight is 215 g/mol. The zero-order valence-corrected chi connectivity index (χ0v) is 10.2. The number of nitrogens with one attached hydrogen (secondary N) is 1. The lowest BCUT2D eigenvalue weighted by Gasteiger charge is -2.39. The summed E-state index contributed by atoms with van der Waals surface area (Å²) in [7, 11) is 0. The molecule has 2 unspecified atom stereocenters. The second-order valence-electron chi connectivity index (χ2n) is 5.13. The highest BCUT2D eigenvalue weighted by molar-refractivity contribution is 5.80. The Morgan fingerprint density at radius 2 is 2.13 bits per heavy atom. The number of morpholine rings is 1. The average Bonchev–Trinajstić information content (AvgIpc) is 2.07. The Balaban J connectivity index is 2.71. The second-order valence-corrected chi connectivity index (χ2v) is 5.13. The van der Waals surface area contributed by atoms with Crippen molar-refractivity contribution in [1.29, 1.82) is 0 Å². The molecule has 1 aliphatic rings. The van der Waals surface area contributed by atoms with Crippen LogP contribution in [0.25, 0.3) is 0 Å². The molecule has 0 bridgehead atoms. The third-order valence-electron chi connectivity index (χ3n) is 2.58. The van der Waals surface area contributed by atoms with Gasteiger partial charge in [0.1, 0.15) is 5.60 Å². The summed E-state index contributed by atoms with van der Waals surface area (Å²) in [5.41, 5.74) is -1.34. The van der Waals surface area contributed by atoms with Gasteiger partial charge in [-0.25, -0.2) is 4.79 Å². The molecule has 0 saturated carbocycles. The number of hydrogen-bond donors (Lipinski definition) is 1. The van der Waals surface area contributed by atoms with Crippen LogP contribution in [0.15, 0.2) is 0 Å². The quantitative estimate of drug-likeness (QED) is 0.665. The molecule has 0 aromatic heterocycles. The summed E-state index contributed by atoms with van der Waals surface area (Å²) >= 11 is 0. The van der Waals surface area contributed by atoms with Crippen molar-refractivity contribution in [3.63, 3.8) is 0 Å². The first-order chi connectivity index (χ1) is 6.76. The minimum absolute atomic E-state index is 0.0268. The van der Waals surface area contributed by atoms with Crippen molar-refractivity contribution in [3.8, 4) is 0 Å². The van der Waals surface area contributed by atoms with Crippen molar-refractivity contribution < 1.29 is 14.3 Å². The third-order valence-corrected chi connectivity index (χ3v) is 2.58. The van der Waals surface area contributed by atoms with Crippen LogP contribution < -0.4 is 5.32 Å². The molecule has 1 saturated heterocycles. The van der Waals surface area contributed by atoms with E-state index in [0.717, 1.165) is 6.54 Å². The summed E-state index contributed by atoms with van der Waals surface area (Å²) in [6.45, 7) is 10.6. The Kier molecular flexibility index (Phi) is 3.41. The van der Waals surface area contributed by atoms with E-state index in [1.54, 1.807) is 6.92 Å². The van der Waals surface area contributed by atoms with Crippen LogP contribution in [0.5, 0.6) is 0 Å². The highest BCUT2D eigenvalue weighted by atomic mass is 16.6. The minimum Gasteiger partial charge on any atom is -0.458 e. The number of hydrogen-bond acceptors (Lipinski definition) is 4. The van der Waals surface area contributed by atoms with E-state index in [-0.39, 0.29) is 12.0 Å². The molecule has 1 rings (SSSR count). The molecule has 2 atom stereocenters. The molecule has 4 nitrogen and oxygen atoms in total. The minimum atomic E-state index is -0.870. The second kappa shape index (κ2) is 4.10. The molecule has 0 amide bonds. The van der Waals surface area contributed by atoms with E-state index in [1.807, 2.05) is 27.7 Å². The molecular formula is C11H21NO3. The maximum absolute atomic E-state index is 12.0. The molecule has 1 heterocycles. The summed E-state index contributed by atoms with van der Waals surface area (Å²) in [5, 5.41) is 3.21. The van der Waals surface area contributed by atoms with Gasteiger partial charge in [-0.1, -0.05) is 0 Å². The van der Waals surface area contributed by atoms with Gasteiger partial charge in [0, 0.05) is 12.6 Å². The summed E-state index contributed by atoms with van der Waals surface area (Å²) < 4.78 is 10.9. The maximum Gasteiger partial charge on any atom is 0.340 e. The van der Waals surface area contributed by atoms with E-state index in [0.29, 0.717) is 6.61 Å². The molecule has 88 valence electrons. The summed E-state index contributed by atoms with van der Waals surface area (Å²) in [5.74, 6) is -0.297. The molecule has 4 heteroatoms.